The van der Waals surface area contributed by atoms with E-state index in [1.807, 2.05) is 37.3 Å². The van der Waals surface area contributed by atoms with Crippen LogP contribution in [0.4, 0.5) is 16.3 Å². The second-order valence-electron chi connectivity index (χ2n) is 5.98. The SMILES string of the molecule is Cc1nn(-c2ccccc2)c2c1C(c1ccc([N+](=O)[O-])cc1)NC(=O)N2. The van der Waals surface area contributed by atoms with E-state index < -0.39 is 11.0 Å². The van der Waals surface area contributed by atoms with Gasteiger partial charge in [0.1, 0.15) is 5.82 Å². The molecule has 1 aliphatic rings. The number of carbonyl (C=O) groups is 1. The van der Waals surface area contributed by atoms with Crippen LogP contribution in [0.25, 0.3) is 5.69 Å². The average molecular weight is 349 g/mol. The third kappa shape index (κ3) is 2.57. The van der Waals surface area contributed by atoms with Crippen molar-refractivity contribution in [2.45, 2.75) is 13.0 Å². The number of hydrogen-bond acceptors (Lipinski definition) is 4. The molecule has 0 bridgehead atoms. The molecule has 8 heteroatoms. The van der Waals surface area contributed by atoms with Gasteiger partial charge in [-0.05, 0) is 36.8 Å². The molecule has 1 aliphatic heterocycles. The molecule has 130 valence electrons. The molecule has 1 atom stereocenters. The molecule has 0 aliphatic carbocycles. The van der Waals surface area contributed by atoms with Crippen molar-refractivity contribution in [2.75, 3.05) is 5.32 Å². The summed E-state index contributed by atoms with van der Waals surface area (Å²) in [6, 6.07) is 14.9. The molecule has 0 spiro atoms. The number of aryl methyl sites for hydroxylation is 1. The van der Waals surface area contributed by atoms with E-state index in [1.165, 1.54) is 12.1 Å². The zero-order valence-electron chi connectivity index (χ0n) is 13.8. The summed E-state index contributed by atoms with van der Waals surface area (Å²) in [5, 5.41) is 21.1. The summed E-state index contributed by atoms with van der Waals surface area (Å²) in [5.41, 5.74) is 3.19. The molecule has 8 nitrogen and oxygen atoms in total. The molecule has 1 unspecified atom stereocenters. The number of amides is 2. The van der Waals surface area contributed by atoms with Gasteiger partial charge in [0.2, 0.25) is 0 Å². The Kier molecular flexibility index (Phi) is 3.65. The lowest BCUT2D eigenvalue weighted by atomic mass is 9.97. The number of aromatic nitrogens is 2. The fraction of sp³-hybridized carbons (Fsp3) is 0.111. The first-order valence-corrected chi connectivity index (χ1v) is 8.01. The Balaban J connectivity index is 1.82. The van der Waals surface area contributed by atoms with E-state index in [2.05, 4.69) is 15.7 Å². The van der Waals surface area contributed by atoms with E-state index in [0.29, 0.717) is 5.82 Å². The minimum Gasteiger partial charge on any atom is -0.327 e. The molecule has 0 saturated heterocycles. The van der Waals surface area contributed by atoms with Gasteiger partial charge in [0.05, 0.1) is 22.3 Å². The van der Waals surface area contributed by atoms with Crippen LogP contribution in [-0.4, -0.2) is 20.7 Å². The van der Waals surface area contributed by atoms with Crippen LogP contribution in [-0.2, 0) is 0 Å². The van der Waals surface area contributed by atoms with E-state index >= 15 is 0 Å². The highest BCUT2D eigenvalue weighted by atomic mass is 16.6. The number of urea groups is 1. The van der Waals surface area contributed by atoms with Gasteiger partial charge in [-0.25, -0.2) is 9.48 Å². The summed E-state index contributed by atoms with van der Waals surface area (Å²) in [6.45, 7) is 1.87. The third-order valence-corrected chi connectivity index (χ3v) is 4.34. The number of carbonyl (C=O) groups excluding carboxylic acids is 1. The van der Waals surface area contributed by atoms with E-state index in [1.54, 1.807) is 16.8 Å². The monoisotopic (exact) mass is 349 g/mol. The molecular weight excluding hydrogens is 334 g/mol. The second-order valence-corrected chi connectivity index (χ2v) is 5.98. The first-order chi connectivity index (χ1) is 12.5. The lowest BCUT2D eigenvalue weighted by Gasteiger charge is -2.26. The molecule has 0 radical (unpaired) electrons. The van der Waals surface area contributed by atoms with E-state index in [4.69, 9.17) is 0 Å². The third-order valence-electron chi connectivity index (χ3n) is 4.34. The molecule has 0 fully saturated rings. The number of hydrogen-bond donors (Lipinski definition) is 2. The Morgan fingerprint density at radius 3 is 2.46 bits per heavy atom. The van der Waals surface area contributed by atoms with Gasteiger partial charge in [-0.2, -0.15) is 5.10 Å². The number of nitrogens with zero attached hydrogens (tertiary/aromatic N) is 3. The first kappa shape index (κ1) is 15.8. The minimum atomic E-state index is -0.450. The topological polar surface area (TPSA) is 102 Å². The van der Waals surface area contributed by atoms with Gasteiger partial charge in [0.15, 0.2) is 0 Å². The Morgan fingerprint density at radius 1 is 1.12 bits per heavy atom. The highest BCUT2D eigenvalue weighted by molar-refractivity contribution is 5.93. The Morgan fingerprint density at radius 2 is 1.81 bits per heavy atom. The maximum Gasteiger partial charge on any atom is 0.321 e. The molecule has 3 aromatic rings. The first-order valence-electron chi connectivity index (χ1n) is 8.01. The molecule has 1 aromatic heterocycles. The Hall–Kier alpha value is -3.68. The molecular formula is C18H15N5O3. The van der Waals surface area contributed by atoms with Gasteiger partial charge < -0.3 is 5.32 Å². The number of nitrogens with one attached hydrogen (secondary N) is 2. The largest absolute Gasteiger partial charge is 0.327 e. The predicted octanol–water partition coefficient (Wildman–Crippen LogP) is 3.31. The van der Waals surface area contributed by atoms with E-state index in [9.17, 15) is 14.9 Å². The standard InChI is InChI=1S/C18H15N5O3/c1-11-15-16(12-7-9-14(10-8-12)23(25)26)19-18(24)20-17(15)22(21-11)13-5-3-2-4-6-13/h2-10,16H,1H3,(H2,19,20,24). The number of nitro benzene ring substituents is 1. The maximum atomic E-state index is 12.2. The van der Waals surface area contributed by atoms with Crippen LogP contribution in [0.1, 0.15) is 22.9 Å². The number of para-hydroxylation sites is 1. The summed E-state index contributed by atoms with van der Waals surface area (Å²) >= 11 is 0. The molecule has 2 heterocycles. The normalized spacial score (nSPS) is 15.7. The van der Waals surface area contributed by atoms with Crippen molar-refractivity contribution in [1.82, 2.24) is 15.1 Å². The van der Waals surface area contributed by atoms with Gasteiger partial charge in [0, 0.05) is 17.7 Å². The summed E-state index contributed by atoms with van der Waals surface area (Å²) in [6.07, 6.45) is 0. The van der Waals surface area contributed by atoms with Crippen molar-refractivity contribution in [2.24, 2.45) is 0 Å². The number of benzene rings is 2. The quantitative estimate of drug-likeness (QED) is 0.559. The van der Waals surface area contributed by atoms with Crippen molar-refractivity contribution in [3.8, 4) is 5.69 Å². The zero-order chi connectivity index (χ0) is 18.3. The molecule has 0 saturated carbocycles. The van der Waals surface area contributed by atoms with Crippen molar-refractivity contribution < 1.29 is 9.72 Å². The van der Waals surface area contributed by atoms with Crippen LogP contribution < -0.4 is 10.6 Å². The number of rotatable bonds is 3. The van der Waals surface area contributed by atoms with E-state index in [-0.39, 0.29) is 11.7 Å². The highest BCUT2D eigenvalue weighted by Crippen LogP contribution is 2.36. The molecule has 26 heavy (non-hydrogen) atoms. The smallest absolute Gasteiger partial charge is 0.321 e. The van der Waals surface area contributed by atoms with Crippen molar-refractivity contribution in [1.29, 1.82) is 0 Å². The van der Waals surface area contributed by atoms with E-state index in [0.717, 1.165) is 22.5 Å². The fourth-order valence-electron chi connectivity index (χ4n) is 3.15. The van der Waals surface area contributed by atoms with Crippen molar-refractivity contribution >= 4 is 17.5 Å². The van der Waals surface area contributed by atoms with Crippen LogP contribution in [0.5, 0.6) is 0 Å². The second kappa shape index (κ2) is 5.99. The average Bonchev–Trinajstić information content (AvgIpc) is 2.98. The molecule has 4 rings (SSSR count). The molecule has 2 aromatic carbocycles. The van der Waals surface area contributed by atoms with Gasteiger partial charge in [-0.15, -0.1) is 0 Å². The lowest BCUT2D eigenvalue weighted by molar-refractivity contribution is -0.384. The van der Waals surface area contributed by atoms with Crippen LogP contribution in [0.3, 0.4) is 0 Å². The highest BCUT2D eigenvalue weighted by Gasteiger charge is 2.32. The Bertz CT molecular complexity index is 996. The summed E-state index contributed by atoms with van der Waals surface area (Å²) in [7, 11) is 0. The fourth-order valence-corrected chi connectivity index (χ4v) is 3.15. The lowest BCUT2D eigenvalue weighted by Crippen LogP contribution is -2.38. The van der Waals surface area contributed by atoms with Crippen LogP contribution in [0.15, 0.2) is 54.6 Å². The Labute approximate surface area is 148 Å². The summed E-state index contributed by atoms with van der Waals surface area (Å²) in [5.74, 6) is 0.598. The summed E-state index contributed by atoms with van der Waals surface area (Å²) in [4.78, 5) is 22.6. The minimum absolute atomic E-state index is 0.00550. The van der Waals surface area contributed by atoms with Crippen LogP contribution >= 0.6 is 0 Å². The predicted molar refractivity (Wildman–Crippen MR) is 95.4 cm³/mol. The van der Waals surface area contributed by atoms with Crippen molar-refractivity contribution in [3.63, 3.8) is 0 Å². The molecule has 2 N–H and O–H groups in total. The molecule has 2 amide bonds. The zero-order valence-corrected chi connectivity index (χ0v) is 13.8. The number of nitro groups is 1. The van der Waals surface area contributed by atoms with Gasteiger partial charge in [-0.1, -0.05) is 18.2 Å². The number of anilines is 1. The van der Waals surface area contributed by atoms with Crippen molar-refractivity contribution in [3.05, 3.63) is 81.5 Å². The summed E-state index contributed by atoms with van der Waals surface area (Å²) < 4.78 is 1.70. The number of fused-ring (bicyclic) bond motifs is 1. The van der Waals surface area contributed by atoms with Gasteiger partial charge in [0.25, 0.3) is 5.69 Å². The van der Waals surface area contributed by atoms with Gasteiger partial charge >= 0.3 is 6.03 Å². The number of non-ortho nitro benzene ring substituents is 1. The van der Waals surface area contributed by atoms with Gasteiger partial charge in [-0.3, -0.25) is 15.4 Å². The van der Waals surface area contributed by atoms with Crippen LogP contribution in [0, 0.1) is 17.0 Å². The van der Waals surface area contributed by atoms with Crippen LogP contribution in [0.2, 0.25) is 0 Å². The maximum absolute atomic E-state index is 12.2.